The maximum absolute atomic E-state index is 13.2. The van der Waals surface area contributed by atoms with Gasteiger partial charge in [0.2, 0.25) is 0 Å². The van der Waals surface area contributed by atoms with Crippen LogP contribution in [0.5, 0.6) is 0 Å². The number of nitrogens with one attached hydrogen (secondary N) is 2. The van der Waals surface area contributed by atoms with Gasteiger partial charge in [-0.1, -0.05) is 72.6 Å². The Bertz CT molecular complexity index is 1540. The van der Waals surface area contributed by atoms with Crippen molar-refractivity contribution in [1.82, 2.24) is 10.6 Å². The van der Waals surface area contributed by atoms with Gasteiger partial charge in [-0.05, 0) is 84.7 Å². The van der Waals surface area contributed by atoms with E-state index < -0.39 is 5.54 Å². The average molecular weight is 641 g/mol. The molecular formula is C34H36Cl3N3O3. The molecular weight excluding hydrogens is 605 g/mol. The van der Waals surface area contributed by atoms with Crippen LogP contribution in [0.1, 0.15) is 69.7 Å². The second kappa shape index (κ2) is 14.3. The first-order valence-corrected chi connectivity index (χ1v) is 15.1. The Balaban J connectivity index is 0.00000423. The van der Waals surface area contributed by atoms with Crippen molar-refractivity contribution in [3.05, 3.63) is 123 Å². The highest BCUT2D eigenvalue weighted by molar-refractivity contribution is 6.42. The molecule has 3 aromatic carbocycles. The molecule has 4 aromatic rings. The van der Waals surface area contributed by atoms with E-state index in [4.69, 9.17) is 27.6 Å². The third kappa shape index (κ3) is 7.04. The number of hydrogen-bond donors (Lipinski definition) is 2. The molecule has 1 unspecified atom stereocenters. The molecule has 2 heterocycles. The second-order valence-electron chi connectivity index (χ2n) is 10.7. The summed E-state index contributed by atoms with van der Waals surface area (Å²) in [5.74, 6) is 0.0931. The monoisotopic (exact) mass is 639 g/mol. The summed E-state index contributed by atoms with van der Waals surface area (Å²) in [4.78, 5) is 28.6. The van der Waals surface area contributed by atoms with Gasteiger partial charge in [0, 0.05) is 31.4 Å². The average Bonchev–Trinajstić information content (AvgIpc) is 3.57. The highest BCUT2D eigenvalue weighted by Gasteiger charge is 2.39. The predicted molar refractivity (Wildman–Crippen MR) is 176 cm³/mol. The molecule has 43 heavy (non-hydrogen) atoms. The van der Waals surface area contributed by atoms with E-state index in [1.165, 1.54) is 6.26 Å². The number of carbonyl (C=O) groups is 2. The van der Waals surface area contributed by atoms with Crippen molar-refractivity contribution in [3.63, 3.8) is 0 Å². The topological polar surface area (TPSA) is 74.6 Å². The van der Waals surface area contributed by atoms with Gasteiger partial charge in [-0.3, -0.25) is 9.59 Å². The third-order valence-electron chi connectivity index (χ3n) is 8.36. The Hall–Kier alpha value is -3.45. The lowest BCUT2D eigenvalue weighted by Gasteiger charge is -2.44. The standard InChI is InChI=1S/C34H35Cl2N3O3.ClH/c1-3-23(24-14-15-28(35)29(36)22-24)21-27-26(32(40)37-2)11-7-12-30(27)39-18-16-34(17-19-39,25-9-5-4-6-10-25)38-33(41)31-13-8-20-42-31;/h4-15,20,22-23H,3,16-19,21H2,1-2H3,(H,37,40)(H,38,41);1H. The van der Waals surface area contributed by atoms with E-state index in [9.17, 15) is 9.59 Å². The number of anilines is 1. The minimum absolute atomic E-state index is 0. The molecule has 0 radical (unpaired) electrons. The van der Waals surface area contributed by atoms with Crippen LogP contribution in [0.2, 0.25) is 10.0 Å². The zero-order chi connectivity index (χ0) is 29.7. The molecule has 1 atom stereocenters. The lowest BCUT2D eigenvalue weighted by atomic mass is 9.80. The van der Waals surface area contributed by atoms with Crippen LogP contribution in [-0.2, 0) is 12.0 Å². The quantitative estimate of drug-likeness (QED) is 0.194. The van der Waals surface area contributed by atoms with Gasteiger partial charge in [0.25, 0.3) is 11.8 Å². The fraction of sp³-hybridized carbons (Fsp3) is 0.294. The van der Waals surface area contributed by atoms with Crippen LogP contribution in [0.3, 0.4) is 0 Å². The molecule has 6 nitrogen and oxygen atoms in total. The Morgan fingerprint density at radius 2 is 1.67 bits per heavy atom. The number of carbonyl (C=O) groups excluding carboxylic acids is 2. The molecule has 1 saturated heterocycles. The highest BCUT2D eigenvalue weighted by atomic mass is 35.5. The van der Waals surface area contributed by atoms with Crippen LogP contribution in [0.4, 0.5) is 5.69 Å². The summed E-state index contributed by atoms with van der Waals surface area (Å²) in [6.45, 7) is 3.54. The molecule has 1 aliphatic heterocycles. The first kappa shape index (κ1) is 32.5. The largest absolute Gasteiger partial charge is 0.459 e. The predicted octanol–water partition coefficient (Wildman–Crippen LogP) is 8.03. The molecule has 1 aromatic heterocycles. The van der Waals surface area contributed by atoms with Gasteiger partial charge in [-0.15, -0.1) is 12.4 Å². The van der Waals surface area contributed by atoms with Crippen molar-refractivity contribution in [2.45, 2.75) is 44.1 Å². The number of benzene rings is 3. The van der Waals surface area contributed by atoms with Crippen molar-refractivity contribution in [3.8, 4) is 0 Å². The lowest BCUT2D eigenvalue weighted by Crippen LogP contribution is -2.53. The SMILES string of the molecule is CCC(Cc1c(C(=O)NC)cccc1N1CCC(NC(=O)c2ccco2)(c2ccccc2)CC1)c1ccc(Cl)c(Cl)c1.Cl. The maximum Gasteiger partial charge on any atom is 0.287 e. The van der Waals surface area contributed by atoms with Gasteiger partial charge >= 0.3 is 0 Å². The van der Waals surface area contributed by atoms with Gasteiger partial charge in [0.15, 0.2) is 5.76 Å². The van der Waals surface area contributed by atoms with Crippen LogP contribution in [0.25, 0.3) is 0 Å². The van der Waals surface area contributed by atoms with Crippen LogP contribution < -0.4 is 15.5 Å². The fourth-order valence-corrected chi connectivity index (χ4v) is 6.31. The molecule has 2 amide bonds. The number of nitrogens with zero attached hydrogens (tertiary/aromatic N) is 1. The van der Waals surface area contributed by atoms with Crippen molar-refractivity contribution in [2.24, 2.45) is 0 Å². The maximum atomic E-state index is 13.2. The van der Waals surface area contributed by atoms with Gasteiger partial charge in [0.1, 0.15) is 0 Å². The minimum atomic E-state index is -0.549. The third-order valence-corrected chi connectivity index (χ3v) is 9.10. The molecule has 0 saturated carbocycles. The smallest absolute Gasteiger partial charge is 0.287 e. The summed E-state index contributed by atoms with van der Waals surface area (Å²) in [5, 5.41) is 7.17. The zero-order valence-corrected chi connectivity index (χ0v) is 26.6. The van der Waals surface area contributed by atoms with Gasteiger partial charge < -0.3 is 20.0 Å². The second-order valence-corrected chi connectivity index (χ2v) is 11.5. The van der Waals surface area contributed by atoms with E-state index in [1.807, 2.05) is 48.5 Å². The lowest BCUT2D eigenvalue weighted by molar-refractivity contribution is 0.0848. The molecule has 226 valence electrons. The zero-order valence-electron chi connectivity index (χ0n) is 24.2. The molecule has 1 fully saturated rings. The van der Waals surface area contributed by atoms with Crippen LogP contribution >= 0.6 is 35.6 Å². The summed E-state index contributed by atoms with van der Waals surface area (Å²) in [7, 11) is 1.66. The van der Waals surface area contributed by atoms with Gasteiger partial charge in [-0.25, -0.2) is 0 Å². The van der Waals surface area contributed by atoms with E-state index in [0.29, 0.717) is 53.7 Å². The summed E-state index contributed by atoms with van der Waals surface area (Å²) >= 11 is 12.6. The van der Waals surface area contributed by atoms with Crippen molar-refractivity contribution in [2.75, 3.05) is 25.0 Å². The Morgan fingerprint density at radius 1 is 0.930 bits per heavy atom. The number of rotatable bonds is 9. The summed E-state index contributed by atoms with van der Waals surface area (Å²) in [6, 6.07) is 25.2. The number of amides is 2. The number of hydrogen-bond acceptors (Lipinski definition) is 4. The number of halogens is 3. The summed E-state index contributed by atoms with van der Waals surface area (Å²) in [6.07, 6.45) is 4.43. The highest BCUT2D eigenvalue weighted by Crippen LogP contribution is 2.39. The molecule has 0 spiro atoms. The Kier molecular flexibility index (Phi) is 10.8. The first-order valence-electron chi connectivity index (χ1n) is 14.3. The van der Waals surface area contributed by atoms with E-state index in [-0.39, 0.29) is 30.1 Å². The van der Waals surface area contributed by atoms with Crippen molar-refractivity contribution < 1.29 is 14.0 Å². The fourth-order valence-electron chi connectivity index (χ4n) is 6.00. The molecule has 0 bridgehead atoms. The molecule has 2 N–H and O–H groups in total. The van der Waals surface area contributed by atoms with Crippen molar-refractivity contribution in [1.29, 1.82) is 0 Å². The van der Waals surface area contributed by atoms with Crippen LogP contribution in [0.15, 0.2) is 89.5 Å². The summed E-state index contributed by atoms with van der Waals surface area (Å²) < 4.78 is 5.39. The van der Waals surface area contributed by atoms with Gasteiger partial charge in [0.05, 0.1) is 21.8 Å². The van der Waals surface area contributed by atoms with Crippen LogP contribution in [-0.4, -0.2) is 32.0 Å². The van der Waals surface area contributed by atoms with E-state index >= 15 is 0 Å². The molecule has 1 aliphatic rings. The van der Waals surface area contributed by atoms with E-state index in [2.05, 4.69) is 40.7 Å². The number of furan rings is 1. The van der Waals surface area contributed by atoms with E-state index in [1.54, 1.807) is 19.2 Å². The van der Waals surface area contributed by atoms with Gasteiger partial charge in [-0.2, -0.15) is 0 Å². The number of piperidine rings is 1. The molecule has 0 aliphatic carbocycles. The van der Waals surface area contributed by atoms with E-state index in [0.717, 1.165) is 28.8 Å². The van der Waals surface area contributed by atoms with Crippen LogP contribution in [0, 0.1) is 0 Å². The Morgan fingerprint density at radius 3 is 2.30 bits per heavy atom. The summed E-state index contributed by atoms with van der Waals surface area (Å²) in [5.41, 5.74) is 4.31. The van der Waals surface area contributed by atoms with Crippen molar-refractivity contribution >= 4 is 53.1 Å². The Labute approximate surface area is 269 Å². The molecule has 9 heteroatoms. The molecule has 5 rings (SSSR count). The normalized spacial score (nSPS) is 14.8. The minimum Gasteiger partial charge on any atom is -0.459 e. The first-order chi connectivity index (χ1) is 20.3.